The molecule has 5 aromatic rings. The minimum absolute atomic E-state index is 0.179. The molecule has 0 radical (unpaired) electrons. The molecule has 1 aliphatic rings. The topological polar surface area (TPSA) is 73.9 Å². The Kier molecular flexibility index (Phi) is 5.87. The normalized spacial score (nSPS) is 15.5. The molecule has 0 N–H and O–H groups in total. The molecular formula is C28H30FN7O. The Morgan fingerprint density at radius 1 is 1.11 bits per heavy atom. The minimum Gasteiger partial charge on any atom is -0.381 e. The average molecular weight is 500 g/mol. The van der Waals surface area contributed by atoms with Crippen LogP contribution < -0.4 is 4.90 Å². The van der Waals surface area contributed by atoms with Crippen molar-refractivity contribution < 1.29 is 9.13 Å². The zero-order chi connectivity index (χ0) is 25.7. The highest BCUT2D eigenvalue weighted by Crippen LogP contribution is 2.41. The average Bonchev–Trinajstić information content (AvgIpc) is 3.41. The first kappa shape index (κ1) is 23.5. The summed E-state index contributed by atoms with van der Waals surface area (Å²) in [4.78, 5) is 12.0. The van der Waals surface area contributed by atoms with Crippen molar-refractivity contribution >= 4 is 27.9 Å². The van der Waals surface area contributed by atoms with Gasteiger partial charge >= 0.3 is 0 Å². The standard InChI is InChI=1S/C28H30FN7O/c1-17-26(35(4)33-32-17)19-15-23-25(30-16-19)21-9-10-24(34(2)3)31-28(21)36(23)27(18-11-13-37-14-12-18)20-7-5-6-8-22(20)29/h5-10,15-16,18,27H,11-14H2,1-4H3/t27-/m0/s1. The Morgan fingerprint density at radius 3 is 2.59 bits per heavy atom. The molecule has 37 heavy (non-hydrogen) atoms. The van der Waals surface area contributed by atoms with Crippen molar-refractivity contribution in [3.05, 3.63) is 65.7 Å². The van der Waals surface area contributed by atoms with E-state index in [1.807, 2.05) is 57.4 Å². The van der Waals surface area contributed by atoms with Gasteiger partial charge in [-0.25, -0.2) is 14.1 Å². The van der Waals surface area contributed by atoms with Gasteiger partial charge in [-0.2, -0.15) is 0 Å². The van der Waals surface area contributed by atoms with Crippen LogP contribution in [0.1, 0.15) is 30.1 Å². The number of fused-ring (bicyclic) bond motifs is 3. The predicted molar refractivity (Wildman–Crippen MR) is 142 cm³/mol. The maximum Gasteiger partial charge on any atom is 0.145 e. The third-order valence-electron chi connectivity index (χ3n) is 7.41. The fraction of sp³-hybridized carbons (Fsp3) is 0.357. The zero-order valence-electron chi connectivity index (χ0n) is 21.5. The van der Waals surface area contributed by atoms with Crippen molar-refractivity contribution in [2.24, 2.45) is 13.0 Å². The van der Waals surface area contributed by atoms with Crippen molar-refractivity contribution in [1.82, 2.24) is 29.5 Å². The van der Waals surface area contributed by atoms with E-state index >= 15 is 4.39 Å². The van der Waals surface area contributed by atoms with Gasteiger partial charge in [-0.05, 0) is 49.9 Å². The van der Waals surface area contributed by atoms with Crippen molar-refractivity contribution in [2.45, 2.75) is 25.8 Å². The van der Waals surface area contributed by atoms with Crippen LogP contribution in [0, 0.1) is 18.7 Å². The molecule has 4 aromatic heterocycles. The smallest absolute Gasteiger partial charge is 0.145 e. The van der Waals surface area contributed by atoms with Gasteiger partial charge in [0, 0.05) is 57.1 Å². The summed E-state index contributed by atoms with van der Waals surface area (Å²) in [6, 6.07) is 13.0. The van der Waals surface area contributed by atoms with E-state index < -0.39 is 0 Å². The maximum absolute atomic E-state index is 15.5. The molecule has 9 heteroatoms. The number of hydrogen-bond acceptors (Lipinski definition) is 6. The molecule has 1 atom stereocenters. The predicted octanol–water partition coefficient (Wildman–Crippen LogP) is 4.91. The summed E-state index contributed by atoms with van der Waals surface area (Å²) in [6.45, 7) is 3.26. The third-order valence-corrected chi connectivity index (χ3v) is 7.41. The van der Waals surface area contributed by atoms with E-state index in [4.69, 9.17) is 14.7 Å². The monoisotopic (exact) mass is 499 g/mol. The fourth-order valence-electron chi connectivity index (χ4n) is 5.63. The van der Waals surface area contributed by atoms with Crippen LogP contribution in [0.5, 0.6) is 0 Å². The van der Waals surface area contributed by atoms with E-state index in [2.05, 4.69) is 27.0 Å². The Bertz CT molecular complexity index is 1580. The number of aryl methyl sites for hydroxylation is 2. The SMILES string of the molecule is Cc1nnn(C)c1-c1cnc2c3ccc(N(C)C)nc3n([C@H](c3ccccc3F)C3CCOCC3)c2c1. The molecule has 0 amide bonds. The highest BCUT2D eigenvalue weighted by Gasteiger charge is 2.32. The second kappa shape index (κ2) is 9.23. The van der Waals surface area contributed by atoms with Crippen molar-refractivity contribution in [3.63, 3.8) is 0 Å². The summed E-state index contributed by atoms with van der Waals surface area (Å²) in [5.74, 6) is 0.800. The van der Waals surface area contributed by atoms with Crippen LogP contribution >= 0.6 is 0 Å². The summed E-state index contributed by atoms with van der Waals surface area (Å²) in [7, 11) is 5.83. The molecule has 1 saturated heterocycles. The van der Waals surface area contributed by atoms with Crippen molar-refractivity contribution in [2.75, 3.05) is 32.2 Å². The Morgan fingerprint density at radius 2 is 1.89 bits per heavy atom. The highest BCUT2D eigenvalue weighted by molar-refractivity contribution is 6.05. The van der Waals surface area contributed by atoms with Crippen molar-refractivity contribution in [1.29, 1.82) is 0 Å². The molecule has 5 heterocycles. The van der Waals surface area contributed by atoms with Gasteiger partial charge in [-0.1, -0.05) is 23.4 Å². The van der Waals surface area contributed by atoms with Gasteiger partial charge in [0.15, 0.2) is 0 Å². The number of benzene rings is 1. The number of ether oxygens (including phenoxy) is 1. The Hall–Kier alpha value is -3.85. The highest BCUT2D eigenvalue weighted by atomic mass is 19.1. The first-order valence-corrected chi connectivity index (χ1v) is 12.6. The summed E-state index contributed by atoms with van der Waals surface area (Å²) in [6.07, 6.45) is 3.54. The number of pyridine rings is 2. The van der Waals surface area contributed by atoms with E-state index in [0.29, 0.717) is 18.8 Å². The first-order chi connectivity index (χ1) is 17.9. The third kappa shape index (κ3) is 3.94. The van der Waals surface area contributed by atoms with Crippen molar-refractivity contribution in [3.8, 4) is 11.3 Å². The molecule has 0 aliphatic carbocycles. The molecule has 0 unspecified atom stereocenters. The molecule has 0 saturated carbocycles. The Balaban J connectivity index is 1.70. The number of anilines is 1. The molecule has 6 rings (SSSR count). The van der Waals surface area contributed by atoms with Gasteiger partial charge in [0.05, 0.1) is 28.5 Å². The van der Waals surface area contributed by atoms with Gasteiger partial charge in [0.2, 0.25) is 0 Å². The van der Waals surface area contributed by atoms with E-state index in [-0.39, 0.29) is 17.8 Å². The molecule has 0 bridgehead atoms. The molecular weight excluding hydrogens is 469 g/mol. The molecule has 8 nitrogen and oxygen atoms in total. The molecule has 190 valence electrons. The van der Waals surface area contributed by atoms with Crippen LogP contribution in [0.4, 0.5) is 10.2 Å². The second-order valence-corrected chi connectivity index (χ2v) is 9.96. The minimum atomic E-state index is -0.266. The van der Waals surface area contributed by atoms with Crippen LogP contribution in [0.25, 0.3) is 33.3 Å². The van der Waals surface area contributed by atoms with Crippen LogP contribution in [-0.2, 0) is 11.8 Å². The molecule has 1 aliphatic heterocycles. The maximum atomic E-state index is 15.5. The lowest BCUT2D eigenvalue weighted by atomic mass is 9.86. The van der Waals surface area contributed by atoms with Crippen LogP contribution in [0.2, 0.25) is 0 Å². The Labute approximate surface area is 214 Å². The molecule has 0 spiro atoms. The quantitative estimate of drug-likeness (QED) is 0.342. The van der Waals surface area contributed by atoms with E-state index in [9.17, 15) is 0 Å². The zero-order valence-corrected chi connectivity index (χ0v) is 21.5. The van der Waals surface area contributed by atoms with E-state index in [0.717, 1.165) is 57.7 Å². The van der Waals surface area contributed by atoms with Crippen LogP contribution in [0.3, 0.4) is 0 Å². The largest absolute Gasteiger partial charge is 0.381 e. The summed E-state index contributed by atoms with van der Waals surface area (Å²) in [5.41, 5.74) is 5.86. The number of aromatic nitrogens is 6. The molecule has 1 fully saturated rings. The van der Waals surface area contributed by atoms with Crippen LogP contribution in [-0.4, -0.2) is 56.8 Å². The summed E-state index contributed by atoms with van der Waals surface area (Å²) >= 11 is 0. The lowest BCUT2D eigenvalue weighted by Gasteiger charge is -2.33. The van der Waals surface area contributed by atoms with Gasteiger partial charge in [-0.15, -0.1) is 5.10 Å². The summed E-state index contributed by atoms with van der Waals surface area (Å²) < 4.78 is 25.2. The van der Waals surface area contributed by atoms with Gasteiger partial charge in [0.1, 0.15) is 17.3 Å². The van der Waals surface area contributed by atoms with E-state index in [1.54, 1.807) is 16.8 Å². The number of rotatable bonds is 5. The lowest BCUT2D eigenvalue weighted by molar-refractivity contribution is 0.0548. The number of hydrogen-bond donors (Lipinski definition) is 0. The fourth-order valence-corrected chi connectivity index (χ4v) is 5.63. The number of halogens is 1. The van der Waals surface area contributed by atoms with Gasteiger partial charge in [0.25, 0.3) is 0 Å². The lowest BCUT2D eigenvalue weighted by Crippen LogP contribution is -2.28. The van der Waals surface area contributed by atoms with E-state index in [1.165, 1.54) is 0 Å². The van der Waals surface area contributed by atoms with Gasteiger partial charge in [-0.3, -0.25) is 4.98 Å². The second-order valence-electron chi connectivity index (χ2n) is 9.96. The number of nitrogens with zero attached hydrogens (tertiary/aromatic N) is 7. The van der Waals surface area contributed by atoms with Gasteiger partial charge < -0.3 is 14.2 Å². The van der Waals surface area contributed by atoms with Crippen LogP contribution in [0.15, 0.2) is 48.7 Å². The first-order valence-electron chi connectivity index (χ1n) is 12.6. The molecule has 1 aromatic carbocycles. The summed E-state index contributed by atoms with van der Waals surface area (Å²) in [5, 5.41) is 9.37.